The molecular weight excluding hydrogens is 608 g/mol. The van der Waals surface area contributed by atoms with Gasteiger partial charge in [0.25, 0.3) is 0 Å². The summed E-state index contributed by atoms with van der Waals surface area (Å²) in [6.45, 7) is 8.54. The number of benzene rings is 2. The van der Waals surface area contributed by atoms with E-state index in [4.69, 9.17) is 33.2 Å². The molecule has 0 aliphatic carbocycles. The molecule has 5 atom stereocenters. The van der Waals surface area contributed by atoms with Gasteiger partial charge in [-0.1, -0.05) is 25.1 Å². The third kappa shape index (κ3) is 9.74. The molecule has 254 valence electrons. The van der Waals surface area contributed by atoms with Crippen LogP contribution in [0.1, 0.15) is 36.8 Å². The summed E-state index contributed by atoms with van der Waals surface area (Å²) in [6.07, 6.45) is 1.19. The van der Waals surface area contributed by atoms with Crippen LogP contribution in [0.2, 0.25) is 0 Å². The van der Waals surface area contributed by atoms with E-state index in [0.717, 1.165) is 67.5 Å². The Morgan fingerprint density at radius 3 is 2.54 bits per heavy atom. The fourth-order valence-corrected chi connectivity index (χ4v) is 7.25. The lowest BCUT2D eigenvalue weighted by Crippen LogP contribution is -2.54. The Hall–Kier alpha value is -2.54. The highest BCUT2D eigenvalue weighted by atomic mass is 32.2. The maximum Gasteiger partial charge on any atom is 0.409 e. The van der Waals surface area contributed by atoms with E-state index in [0.29, 0.717) is 45.4 Å². The van der Waals surface area contributed by atoms with E-state index in [9.17, 15) is 4.79 Å². The summed E-state index contributed by atoms with van der Waals surface area (Å²) in [5.41, 5.74) is 3.26. The number of thioether (sulfide) groups is 1. The number of nitrogens with zero attached hydrogens (tertiary/aromatic N) is 2. The average molecular weight is 659 g/mol. The first-order valence-corrected chi connectivity index (χ1v) is 17.4. The average Bonchev–Trinajstić information content (AvgIpc) is 3.91. The van der Waals surface area contributed by atoms with E-state index in [1.54, 1.807) is 19.1 Å². The SMILES string of the molecule is COCCCN1CCOc2ccc(CO[C@H]3CN(C(=O)OC)C[C@@H](OC[C@H]4CO4)[C@@H]3c3ccc(SCC[C@@H](C)COC)cc3)cc21. The Balaban J connectivity index is 1.33. The zero-order chi connectivity index (χ0) is 32.3. The lowest BCUT2D eigenvalue weighted by molar-refractivity contribution is -0.0920. The van der Waals surface area contributed by atoms with Crippen molar-refractivity contribution in [3.63, 3.8) is 0 Å². The molecule has 2 aromatic rings. The molecule has 46 heavy (non-hydrogen) atoms. The zero-order valence-corrected chi connectivity index (χ0v) is 28.5. The Kier molecular flexibility index (Phi) is 13.3. The molecule has 0 aromatic heterocycles. The number of rotatable bonds is 17. The summed E-state index contributed by atoms with van der Waals surface area (Å²) in [6, 6.07) is 15.0. The molecule has 1 amide bonds. The number of ether oxygens (including phenoxy) is 7. The highest BCUT2D eigenvalue weighted by molar-refractivity contribution is 7.99. The van der Waals surface area contributed by atoms with E-state index >= 15 is 0 Å². The second kappa shape index (κ2) is 17.6. The summed E-state index contributed by atoms with van der Waals surface area (Å²) in [4.78, 5) is 18.1. The van der Waals surface area contributed by atoms with Crippen LogP contribution in [0, 0.1) is 5.92 Å². The van der Waals surface area contributed by atoms with Gasteiger partial charge in [0.15, 0.2) is 0 Å². The van der Waals surface area contributed by atoms with E-state index in [1.165, 1.54) is 12.0 Å². The summed E-state index contributed by atoms with van der Waals surface area (Å²) >= 11 is 1.86. The molecule has 10 nitrogen and oxygen atoms in total. The number of likely N-dealkylation sites (tertiary alicyclic amines) is 1. The number of hydrogen-bond acceptors (Lipinski definition) is 10. The van der Waals surface area contributed by atoms with Crippen LogP contribution in [0.3, 0.4) is 0 Å². The molecule has 0 saturated carbocycles. The Labute approximate surface area is 277 Å². The summed E-state index contributed by atoms with van der Waals surface area (Å²) in [5, 5.41) is 0. The van der Waals surface area contributed by atoms with Crippen molar-refractivity contribution in [1.82, 2.24) is 4.90 Å². The molecule has 0 N–H and O–H groups in total. The topological polar surface area (TPSA) is 91.5 Å². The Morgan fingerprint density at radius 1 is 1.04 bits per heavy atom. The van der Waals surface area contributed by atoms with Gasteiger partial charge in [0.05, 0.1) is 64.5 Å². The molecule has 0 spiro atoms. The Bertz CT molecular complexity index is 1230. The molecule has 5 rings (SSSR count). The predicted octanol–water partition coefficient (Wildman–Crippen LogP) is 5.22. The number of amides is 1. The van der Waals surface area contributed by atoms with Gasteiger partial charge in [-0.05, 0) is 59.9 Å². The Morgan fingerprint density at radius 2 is 1.83 bits per heavy atom. The molecule has 0 radical (unpaired) electrons. The molecule has 0 unspecified atom stereocenters. The van der Waals surface area contributed by atoms with Gasteiger partial charge < -0.3 is 43.0 Å². The second-order valence-electron chi connectivity index (χ2n) is 12.3. The fourth-order valence-electron chi connectivity index (χ4n) is 6.17. The quantitative estimate of drug-likeness (QED) is 0.128. The normalized spacial score (nSPS) is 23.0. The lowest BCUT2D eigenvalue weighted by atomic mass is 9.84. The smallest absolute Gasteiger partial charge is 0.409 e. The van der Waals surface area contributed by atoms with Gasteiger partial charge in [-0.15, -0.1) is 11.8 Å². The zero-order valence-electron chi connectivity index (χ0n) is 27.7. The predicted molar refractivity (Wildman–Crippen MR) is 178 cm³/mol. The van der Waals surface area contributed by atoms with Crippen LogP contribution in [0.15, 0.2) is 47.4 Å². The van der Waals surface area contributed by atoms with Crippen molar-refractivity contribution in [3.05, 3.63) is 53.6 Å². The van der Waals surface area contributed by atoms with Gasteiger partial charge in [0, 0.05) is 44.8 Å². The van der Waals surface area contributed by atoms with Crippen LogP contribution in [0.4, 0.5) is 10.5 Å². The van der Waals surface area contributed by atoms with Crippen LogP contribution in [-0.4, -0.2) is 116 Å². The van der Waals surface area contributed by atoms with Crippen molar-refractivity contribution in [3.8, 4) is 5.75 Å². The molecule has 3 heterocycles. The van der Waals surface area contributed by atoms with Crippen molar-refractivity contribution >= 4 is 23.5 Å². The van der Waals surface area contributed by atoms with Crippen LogP contribution < -0.4 is 9.64 Å². The van der Waals surface area contributed by atoms with Gasteiger partial charge in [-0.2, -0.15) is 0 Å². The standard InChI is InChI=1S/C35H50N2O8S/c1-25(21-40-3)12-17-46-29-9-7-27(8-10-29)34-32(19-37(35(38)41-4)20-33(34)45-24-28-23-43-28)44-22-26-6-11-31-30(18-26)36(14-16-42-31)13-5-15-39-2/h6-11,18,25,28,32-34H,5,12-17,19-24H2,1-4H3/t25-,28-,32+,33-,34-/m1/s1. The van der Waals surface area contributed by atoms with Crippen molar-refractivity contribution in [2.45, 2.75) is 55.5 Å². The van der Waals surface area contributed by atoms with Gasteiger partial charge in [-0.25, -0.2) is 4.79 Å². The highest BCUT2D eigenvalue weighted by Crippen LogP contribution is 2.37. The van der Waals surface area contributed by atoms with Gasteiger partial charge >= 0.3 is 6.09 Å². The van der Waals surface area contributed by atoms with E-state index in [-0.39, 0.29) is 30.3 Å². The number of carbonyl (C=O) groups is 1. The number of carbonyl (C=O) groups excluding carboxylic acids is 1. The molecule has 3 aliphatic heterocycles. The first-order chi connectivity index (χ1) is 22.5. The largest absolute Gasteiger partial charge is 0.490 e. The van der Waals surface area contributed by atoms with E-state index < -0.39 is 0 Å². The van der Waals surface area contributed by atoms with Gasteiger partial charge in [0.1, 0.15) is 18.5 Å². The van der Waals surface area contributed by atoms with E-state index in [2.05, 4.69) is 48.2 Å². The fraction of sp³-hybridized carbons (Fsp3) is 0.629. The number of piperidine rings is 1. The highest BCUT2D eigenvalue weighted by Gasteiger charge is 2.42. The third-order valence-corrected chi connectivity index (χ3v) is 9.80. The van der Waals surface area contributed by atoms with Gasteiger partial charge in [-0.3, -0.25) is 0 Å². The van der Waals surface area contributed by atoms with Crippen molar-refractivity contribution in [2.24, 2.45) is 5.92 Å². The van der Waals surface area contributed by atoms with Crippen molar-refractivity contribution in [1.29, 1.82) is 0 Å². The molecule has 3 aliphatic rings. The second-order valence-corrected chi connectivity index (χ2v) is 13.5. The molecule has 2 fully saturated rings. The minimum Gasteiger partial charge on any atom is -0.490 e. The minimum atomic E-state index is -0.379. The van der Waals surface area contributed by atoms with Crippen LogP contribution in [0.25, 0.3) is 0 Å². The molecular formula is C35H50N2O8S. The third-order valence-electron chi connectivity index (χ3n) is 8.75. The molecule has 11 heteroatoms. The number of hydrogen-bond donors (Lipinski definition) is 0. The maximum atomic E-state index is 12.8. The van der Waals surface area contributed by atoms with Crippen LogP contribution >= 0.6 is 11.8 Å². The van der Waals surface area contributed by atoms with Crippen molar-refractivity contribution < 1.29 is 38.0 Å². The number of anilines is 1. The minimum absolute atomic E-state index is 0.0769. The first kappa shape index (κ1) is 34.8. The summed E-state index contributed by atoms with van der Waals surface area (Å²) in [7, 11) is 4.90. The first-order valence-electron chi connectivity index (χ1n) is 16.4. The maximum absolute atomic E-state index is 12.8. The number of methoxy groups -OCH3 is 3. The number of epoxide rings is 1. The van der Waals surface area contributed by atoms with Gasteiger partial charge in [0.2, 0.25) is 0 Å². The van der Waals surface area contributed by atoms with E-state index in [1.807, 2.05) is 17.8 Å². The van der Waals surface area contributed by atoms with Crippen molar-refractivity contribution in [2.75, 3.05) is 91.2 Å². The lowest BCUT2D eigenvalue weighted by Gasteiger charge is -2.43. The van der Waals surface area contributed by atoms with Crippen LogP contribution in [-0.2, 0) is 35.0 Å². The van der Waals surface area contributed by atoms with Crippen LogP contribution in [0.5, 0.6) is 5.75 Å². The molecule has 2 aromatic carbocycles. The summed E-state index contributed by atoms with van der Waals surface area (Å²) in [5.74, 6) is 2.38. The summed E-state index contributed by atoms with van der Waals surface area (Å²) < 4.78 is 40.3. The molecule has 0 bridgehead atoms. The monoisotopic (exact) mass is 658 g/mol. The molecule has 2 saturated heterocycles. The number of fused-ring (bicyclic) bond motifs is 1.